The molecule has 0 saturated heterocycles. The molecule has 0 saturated carbocycles. The number of H-pyrrole nitrogens is 1. The minimum Gasteiger partial charge on any atom is -0.465 e. The fourth-order valence-corrected chi connectivity index (χ4v) is 2.03. The van der Waals surface area contributed by atoms with Crippen LogP contribution in [0.1, 0.15) is 10.4 Å². The largest absolute Gasteiger partial charge is 0.465 e. The average molecular weight is 222 g/mol. The number of carbonyl (C=O) groups is 1. The van der Waals surface area contributed by atoms with Gasteiger partial charge in [-0.3, -0.25) is 5.10 Å². The van der Waals surface area contributed by atoms with Crippen molar-refractivity contribution in [1.82, 2.24) is 10.2 Å². The summed E-state index contributed by atoms with van der Waals surface area (Å²) in [5, 5.41) is 8.64. The molecule has 0 atom stereocenters. The van der Waals surface area contributed by atoms with E-state index in [-0.39, 0.29) is 5.97 Å². The van der Waals surface area contributed by atoms with E-state index in [2.05, 4.69) is 10.2 Å². The maximum absolute atomic E-state index is 11.5. The van der Waals surface area contributed by atoms with Crippen LogP contribution in [-0.4, -0.2) is 29.5 Å². The van der Waals surface area contributed by atoms with Crippen LogP contribution in [0.25, 0.3) is 10.9 Å². The average Bonchev–Trinajstić information content (AvgIpc) is 2.70. The minimum atomic E-state index is -0.336. The summed E-state index contributed by atoms with van der Waals surface area (Å²) in [5.41, 5.74) is 1.40. The summed E-state index contributed by atoms with van der Waals surface area (Å²) in [7, 11) is 1.38. The van der Waals surface area contributed by atoms with Crippen LogP contribution in [-0.2, 0) is 4.74 Å². The quantitative estimate of drug-likeness (QED) is 0.624. The topological polar surface area (TPSA) is 55.0 Å². The first-order valence-electron chi connectivity index (χ1n) is 4.37. The second-order valence-electron chi connectivity index (χ2n) is 2.95. The molecule has 5 heteroatoms. The highest BCUT2D eigenvalue weighted by atomic mass is 32.2. The van der Waals surface area contributed by atoms with Crippen molar-refractivity contribution in [2.24, 2.45) is 0 Å². The number of ether oxygens (including phenoxy) is 1. The van der Waals surface area contributed by atoms with Gasteiger partial charge in [0.05, 0.1) is 18.2 Å². The van der Waals surface area contributed by atoms with Crippen LogP contribution in [0.2, 0.25) is 0 Å². The maximum atomic E-state index is 11.5. The van der Waals surface area contributed by atoms with Gasteiger partial charge >= 0.3 is 5.97 Å². The molecule has 2 rings (SSSR count). The molecule has 1 heterocycles. The van der Waals surface area contributed by atoms with Crippen LogP contribution < -0.4 is 0 Å². The van der Waals surface area contributed by atoms with Crippen molar-refractivity contribution >= 4 is 28.6 Å². The molecule has 0 amide bonds. The normalized spacial score (nSPS) is 10.5. The van der Waals surface area contributed by atoms with Crippen LogP contribution in [0.4, 0.5) is 0 Å². The molecule has 0 aliphatic carbocycles. The Morgan fingerprint density at radius 2 is 2.33 bits per heavy atom. The summed E-state index contributed by atoms with van der Waals surface area (Å²) >= 11 is 1.50. The van der Waals surface area contributed by atoms with Gasteiger partial charge in [-0.25, -0.2) is 4.79 Å². The predicted octanol–water partition coefficient (Wildman–Crippen LogP) is 2.07. The Kier molecular flexibility index (Phi) is 2.64. The van der Waals surface area contributed by atoms with E-state index in [0.29, 0.717) is 5.56 Å². The second-order valence-corrected chi connectivity index (χ2v) is 3.75. The Labute approximate surface area is 91.0 Å². The van der Waals surface area contributed by atoms with Crippen molar-refractivity contribution in [3.8, 4) is 0 Å². The van der Waals surface area contributed by atoms with Gasteiger partial charge in [0.2, 0.25) is 0 Å². The molecule has 1 N–H and O–H groups in total. The van der Waals surface area contributed by atoms with E-state index in [1.165, 1.54) is 18.9 Å². The van der Waals surface area contributed by atoms with E-state index in [9.17, 15) is 4.79 Å². The number of esters is 1. The smallest absolute Gasteiger partial charge is 0.338 e. The van der Waals surface area contributed by atoms with Crippen LogP contribution >= 0.6 is 11.8 Å². The maximum Gasteiger partial charge on any atom is 0.338 e. The standard InChI is InChI=1S/C10H10N2O2S/c1-14-10(13)6-4-3-5-7-8(6)9(15-2)12-11-7/h3-5H,1-2H3,(H,11,12). The van der Waals surface area contributed by atoms with Gasteiger partial charge in [-0.05, 0) is 18.4 Å². The molecule has 1 aromatic carbocycles. The van der Waals surface area contributed by atoms with Gasteiger partial charge in [0.1, 0.15) is 5.03 Å². The van der Waals surface area contributed by atoms with Crippen molar-refractivity contribution in [3.05, 3.63) is 23.8 Å². The highest BCUT2D eigenvalue weighted by Gasteiger charge is 2.15. The zero-order chi connectivity index (χ0) is 10.8. The molecular weight excluding hydrogens is 212 g/mol. The van der Waals surface area contributed by atoms with Gasteiger partial charge in [0.25, 0.3) is 0 Å². The molecule has 78 valence electrons. The molecule has 0 radical (unpaired) electrons. The first-order valence-corrected chi connectivity index (χ1v) is 5.59. The number of nitrogens with zero attached hydrogens (tertiary/aromatic N) is 1. The Bertz CT molecular complexity index is 507. The molecule has 15 heavy (non-hydrogen) atoms. The summed E-state index contributed by atoms with van der Waals surface area (Å²) in [6.45, 7) is 0. The van der Waals surface area contributed by atoms with Gasteiger partial charge in [-0.1, -0.05) is 6.07 Å². The van der Waals surface area contributed by atoms with Crippen LogP contribution in [0, 0.1) is 0 Å². The summed E-state index contributed by atoms with van der Waals surface area (Å²) in [6, 6.07) is 5.43. The second kappa shape index (κ2) is 3.94. The van der Waals surface area contributed by atoms with Gasteiger partial charge in [0.15, 0.2) is 0 Å². The van der Waals surface area contributed by atoms with Crippen LogP contribution in [0.15, 0.2) is 23.2 Å². The fourth-order valence-electron chi connectivity index (χ4n) is 1.47. The number of aromatic amines is 1. The molecule has 0 bridgehead atoms. The van der Waals surface area contributed by atoms with E-state index >= 15 is 0 Å². The zero-order valence-corrected chi connectivity index (χ0v) is 9.22. The summed E-state index contributed by atoms with van der Waals surface area (Å²) in [5.74, 6) is -0.336. The van der Waals surface area contributed by atoms with E-state index in [1.807, 2.05) is 12.3 Å². The third-order valence-electron chi connectivity index (χ3n) is 2.15. The Balaban J connectivity index is 2.72. The lowest BCUT2D eigenvalue weighted by Crippen LogP contribution is -2.01. The number of fused-ring (bicyclic) bond motifs is 1. The molecule has 2 aromatic rings. The number of hydrogen-bond acceptors (Lipinski definition) is 4. The molecule has 0 fully saturated rings. The lowest BCUT2D eigenvalue weighted by molar-refractivity contribution is 0.0603. The van der Waals surface area contributed by atoms with Gasteiger partial charge in [-0.15, -0.1) is 11.8 Å². The molecule has 0 aliphatic heterocycles. The third kappa shape index (κ3) is 1.59. The first kappa shape index (κ1) is 10.0. The summed E-state index contributed by atoms with van der Waals surface area (Å²) < 4.78 is 4.72. The highest BCUT2D eigenvalue weighted by molar-refractivity contribution is 7.98. The van der Waals surface area contributed by atoms with Crippen molar-refractivity contribution in [1.29, 1.82) is 0 Å². The zero-order valence-electron chi connectivity index (χ0n) is 8.40. The lowest BCUT2D eigenvalue weighted by Gasteiger charge is -2.01. The molecule has 0 aliphatic rings. The van der Waals surface area contributed by atoms with E-state index in [0.717, 1.165) is 15.9 Å². The first-order chi connectivity index (χ1) is 7.27. The van der Waals surface area contributed by atoms with Gasteiger partial charge < -0.3 is 4.74 Å². The Hall–Kier alpha value is -1.49. The summed E-state index contributed by atoms with van der Waals surface area (Å²) in [6.07, 6.45) is 1.92. The molecular formula is C10H10N2O2S. The molecule has 1 aromatic heterocycles. The van der Waals surface area contributed by atoms with Gasteiger partial charge in [-0.2, -0.15) is 5.10 Å². The van der Waals surface area contributed by atoms with Gasteiger partial charge in [0, 0.05) is 5.39 Å². The molecule has 4 nitrogen and oxygen atoms in total. The van der Waals surface area contributed by atoms with E-state index < -0.39 is 0 Å². The van der Waals surface area contributed by atoms with Crippen LogP contribution in [0.3, 0.4) is 0 Å². The number of methoxy groups -OCH3 is 1. The van der Waals surface area contributed by atoms with Crippen molar-refractivity contribution in [3.63, 3.8) is 0 Å². The van der Waals surface area contributed by atoms with E-state index in [1.54, 1.807) is 12.1 Å². The van der Waals surface area contributed by atoms with Crippen molar-refractivity contribution in [2.75, 3.05) is 13.4 Å². The number of aromatic nitrogens is 2. The Morgan fingerprint density at radius 3 is 3.00 bits per heavy atom. The Morgan fingerprint density at radius 1 is 1.53 bits per heavy atom. The van der Waals surface area contributed by atoms with Crippen molar-refractivity contribution < 1.29 is 9.53 Å². The number of thioether (sulfide) groups is 1. The minimum absolute atomic E-state index is 0.336. The lowest BCUT2D eigenvalue weighted by atomic mass is 10.1. The summed E-state index contributed by atoms with van der Waals surface area (Å²) in [4.78, 5) is 11.5. The number of benzene rings is 1. The molecule has 0 spiro atoms. The fraction of sp³-hybridized carbons (Fsp3) is 0.200. The predicted molar refractivity (Wildman–Crippen MR) is 59.2 cm³/mol. The van der Waals surface area contributed by atoms with Crippen molar-refractivity contribution in [2.45, 2.75) is 5.03 Å². The number of carbonyl (C=O) groups excluding carboxylic acids is 1. The van der Waals surface area contributed by atoms with Crippen LogP contribution in [0.5, 0.6) is 0 Å². The monoisotopic (exact) mass is 222 g/mol. The highest BCUT2D eigenvalue weighted by Crippen LogP contribution is 2.27. The third-order valence-corrected chi connectivity index (χ3v) is 2.84. The number of hydrogen-bond donors (Lipinski definition) is 1. The number of nitrogens with one attached hydrogen (secondary N) is 1. The number of rotatable bonds is 2. The SMILES string of the molecule is COC(=O)c1cccc2[nH]nc(SC)c12. The molecule has 0 unspecified atom stereocenters. The van der Waals surface area contributed by atoms with E-state index in [4.69, 9.17) is 4.74 Å².